The van der Waals surface area contributed by atoms with Gasteiger partial charge in [-0.1, -0.05) is 6.07 Å². The van der Waals surface area contributed by atoms with E-state index >= 15 is 0 Å². The number of pyridine rings is 1. The summed E-state index contributed by atoms with van der Waals surface area (Å²) in [6.45, 7) is 1.56. The zero-order chi connectivity index (χ0) is 19.6. The average Bonchev–Trinajstić information content (AvgIpc) is 3.08. The lowest BCUT2D eigenvalue weighted by Crippen LogP contribution is -2.14. The van der Waals surface area contributed by atoms with Crippen LogP contribution in [0.2, 0.25) is 0 Å². The minimum atomic E-state index is -4.47. The lowest BCUT2D eigenvalue weighted by atomic mass is 10.1. The Labute approximate surface area is 152 Å². The van der Waals surface area contributed by atoms with Gasteiger partial charge >= 0.3 is 6.18 Å². The van der Waals surface area contributed by atoms with Gasteiger partial charge in [-0.3, -0.25) is 9.78 Å². The first-order valence-corrected chi connectivity index (χ1v) is 7.76. The molecule has 1 amide bonds. The number of aryl methyl sites for hydroxylation is 1. The Balaban J connectivity index is 2.00. The molecule has 1 aromatic carbocycles. The smallest absolute Gasteiger partial charge is 0.366 e. The van der Waals surface area contributed by atoms with Gasteiger partial charge in [-0.05, 0) is 36.8 Å². The van der Waals surface area contributed by atoms with Crippen molar-refractivity contribution in [1.29, 1.82) is 0 Å². The molecule has 6 nitrogen and oxygen atoms in total. The van der Waals surface area contributed by atoms with Crippen LogP contribution in [-0.4, -0.2) is 25.7 Å². The Kier molecular flexibility index (Phi) is 4.76. The number of amides is 1. The maximum atomic E-state index is 13.0. The van der Waals surface area contributed by atoms with Crippen molar-refractivity contribution in [2.45, 2.75) is 13.1 Å². The Hall–Kier alpha value is -3.49. The van der Waals surface area contributed by atoms with Crippen LogP contribution in [0.3, 0.4) is 0 Å². The second kappa shape index (κ2) is 7.02. The Morgan fingerprint density at radius 2 is 2.04 bits per heavy atom. The highest BCUT2D eigenvalue weighted by Gasteiger charge is 2.31. The lowest BCUT2D eigenvalue weighted by Gasteiger charge is -2.09. The molecule has 9 heteroatoms. The molecule has 0 atom stereocenters. The van der Waals surface area contributed by atoms with Crippen molar-refractivity contribution in [3.8, 4) is 11.4 Å². The fourth-order valence-corrected chi connectivity index (χ4v) is 2.48. The number of aromatic nitrogens is 4. The van der Waals surface area contributed by atoms with Crippen molar-refractivity contribution in [3.63, 3.8) is 0 Å². The molecular formula is C18H14F3N5O. The zero-order valence-corrected chi connectivity index (χ0v) is 14.1. The largest absolute Gasteiger partial charge is 0.416 e. The maximum absolute atomic E-state index is 13.0. The van der Waals surface area contributed by atoms with E-state index in [9.17, 15) is 18.0 Å². The number of hydrogen-bond donors (Lipinski definition) is 1. The van der Waals surface area contributed by atoms with Crippen LogP contribution in [0, 0.1) is 6.92 Å². The standard InChI is InChI=1S/C18H14F3N5O/c1-11-5-13(7-14(6-11)18(19,20)21)17-24-10-26(25-17)9-15(16(22)27)12-3-2-4-23-8-12/h2-10H,1H3,(H2,22,27). The predicted molar refractivity (Wildman–Crippen MR) is 92.8 cm³/mol. The van der Waals surface area contributed by atoms with Crippen LogP contribution in [0.25, 0.3) is 23.2 Å². The molecular weight excluding hydrogens is 359 g/mol. The third kappa shape index (κ3) is 4.20. The van der Waals surface area contributed by atoms with E-state index in [4.69, 9.17) is 5.73 Å². The van der Waals surface area contributed by atoms with Crippen LogP contribution in [0.15, 0.2) is 49.1 Å². The number of halogens is 3. The van der Waals surface area contributed by atoms with E-state index in [1.54, 1.807) is 31.3 Å². The maximum Gasteiger partial charge on any atom is 0.416 e. The first-order valence-electron chi connectivity index (χ1n) is 7.76. The quantitative estimate of drug-likeness (QED) is 0.712. The number of nitrogens with two attached hydrogens (primary N) is 1. The molecule has 0 fully saturated rings. The highest BCUT2D eigenvalue weighted by Crippen LogP contribution is 2.32. The summed E-state index contributed by atoms with van der Waals surface area (Å²) in [5.74, 6) is -0.606. The van der Waals surface area contributed by atoms with Gasteiger partial charge in [0.05, 0.1) is 11.1 Å². The second-order valence-corrected chi connectivity index (χ2v) is 5.78. The van der Waals surface area contributed by atoms with Crippen molar-refractivity contribution in [2.75, 3.05) is 0 Å². The Bertz CT molecular complexity index is 1010. The van der Waals surface area contributed by atoms with Crippen molar-refractivity contribution >= 4 is 17.7 Å². The van der Waals surface area contributed by atoms with Gasteiger partial charge in [-0.2, -0.15) is 13.2 Å². The summed E-state index contributed by atoms with van der Waals surface area (Å²) in [5, 5.41) is 4.13. The van der Waals surface area contributed by atoms with Gasteiger partial charge in [0.15, 0.2) is 5.82 Å². The Morgan fingerprint density at radius 3 is 2.67 bits per heavy atom. The molecule has 0 aliphatic rings. The number of hydrogen-bond acceptors (Lipinski definition) is 4. The van der Waals surface area contributed by atoms with E-state index in [2.05, 4.69) is 15.1 Å². The van der Waals surface area contributed by atoms with E-state index in [1.807, 2.05) is 0 Å². The van der Waals surface area contributed by atoms with Gasteiger partial charge in [-0.25, -0.2) is 9.67 Å². The molecule has 0 radical (unpaired) electrons. The first-order chi connectivity index (χ1) is 12.7. The number of nitrogens with zero attached hydrogens (tertiary/aromatic N) is 4. The highest BCUT2D eigenvalue weighted by atomic mass is 19.4. The van der Waals surface area contributed by atoms with E-state index < -0.39 is 17.6 Å². The van der Waals surface area contributed by atoms with Gasteiger partial charge in [-0.15, -0.1) is 5.10 Å². The molecule has 0 saturated carbocycles. The molecule has 0 unspecified atom stereocenters. The van der Waals surface area contributed by atoms with E-state index in [0.29, 0.717) is 11.1 Å². The van der Waals surface area contributed by atoms with Gasteiger partial charge in [0.2, 0.25) is 0 Å². The van der Waals surface area contributed by atoms with Crippen molar-refractivity contribution in [2.24, 2.45) is 5.73 Å². The van der Waals surface area contributed by atoms with Crippen LogP contribution < -0.4 is 5.73 Å². The minimum Gasteiger partial charge on any atom is -0.366 e. The van der Waals surface area contributed by atoms with Crippen molar-refractivity contribution in [1.82, 2.24) is 19.7 Å². The molecule has 27 heavy (non-hydrogen) atoms. The molecule has 3 aromatic rings. The SMILES string of the molecule is Cc1cc(-c2ncn(C=C(C(N)=O)c3cccnc3)n2)cc(C(F)(F)F)c1. The van der Waals surface area contributed by atoms with Gasteiger partial charge in [0.1, 0.15) is 6.33 Å². The van der Waals surface area contributed by atoms with Crippen LogP contribution in [0.4, 0.5) is 13.2 Å². The average molecular weight is 373 g/mol. The number of rotatable bonds is 4. The summed E-state index contributed by atoms with van der Waals surface area (Å²) >= 11 is 0. The molecule has 3 rings (SSSR count). The number of carbonyl (C=O) groups is 1. The minimum absolute atomic E-state index is 0.0930. The number of carbonyl (C=O) groups excluding carboxylic acids is 1. The zero-order valence-electron chi connectivity index (χ0n) is 14.1. The third-order valence-electron chi connectivity index (χ3n) is 3.67. The number of alkyl halides is 3. The normalized spacial score (nSPS) is 12.2. The van der Waals surface area contributed by atoms with Crippen molar-refractivity contribution in [3.05, 3.63) is 65.7 Å². The Morgan fingerprint density at radius 1 is 1.26 bits per heavy atom. The summed E-state index contributed by atoms with van der Waals surface area (Å²) in [6.07, 6.45) is 1.17. The second-order valence-electron chi connectivity index (χ2n) is 5.78. The molecule has 0 bridgehead atoms. The highest BCUT2D eigenvalue weighted by molar-refractivity contribution is 6.22. The molecule has 2 aromatic heterocycles. The van der Waals surface area contributed by atoms with Gasteiger partial charge in [0.25, 0.3) is 5.91 Å². The molecule has 2 N–H and O–H groups in total. The van der Waals surface area contributed by atoms with Gasteiger partial charge < -0.3 is 5.73 Å². The summed E-state index contributed by atoms with van der Waals surface area (Å²) in [4.78, 5) is 19.7. The number of benzene rings is 1. The molecule has 138 valence electrons. The fourth-order valence-electron chi connectivity index (χ4n) is 2.48. The van der Waals surface area contributed by atoms with Gasteiger partial charge in [0, 0.05) is 29.7 Å². The summed E-state index contributed by atoms with van der Waals surface area (Å²) in [6, 6.07) is 6.87. The first kappa shape index (κ1) is 18.3. The van der Waals surface area contributed by atoms with Crippen LogP contribution in [0.1, 0.15) is 16.7 Å². The molecule has 2 heterocycles. The predicted octanol–water partition coefficient (Wildman–Crippen LogP) is 3.15. The molecule has 0 saturated heterocycles. The monoisotopic (exact) mass is 373 g/mol. The molecule has 0 aliphatic heterocycles. The van der Waals surface area contributed by atoms with Crippen LogP contribution in [-0.2, 0) is 11.0 Å². The third-order valence-corrected chi connectivity index (χ3v) is 3.67. The van der Waals surface area contributed by atoms with Crippen LogP contribution >= 0.6 is 0 Å². The topological polar surface area (TPSA) is 86.7 Å². The van der Waals surface area contributed by atoms with E-state index in [-0.39, 0.29) is 17.0 Å². The van der Waals surface area contributed by atoms with Crippen molar-refractivity contribution < 1.29 is 18.0 Å². The summed E-state index contributed by atoms with van der Waals surface area (Å²) < 4.78 is 40.2. The van der Waals surface area contributed by atoms with Crippen LogP contribution in [0.5, 0.6) is 0 Å². The van der Waals surface area contributed by atoms with E-state index in [1.165, 1.54) is 23.4 Å². The summed E-state index contributed by atoms with van der Waals surface area (Å²) in [5.41, 5.74) is 5.89. The van der Waals surface area contributed by atoms with E-state index in [0.717, 1.165) is 12.1 Å². The fraction of sp³-hybridized carbons (Fsp3) is 0.111. The molecule has 0 aliphatic carbocycles. The lowest BCUT2D eigenvalue weighted by molar-refractivity contribution is -0.137. The summed E-state index contributed by atoms with van der Waals surface area (Å²) in [7, 11) is 0. The number of primary amides is 1. The molecule has 0 spiro atoms.